The highest BCUT2D eigenvalue weighted by atomic mass is 35.5. The molecule has 1 aromatic carbocycles. The molecule has 4 nitrogen and oxygen atoms in total. The normalized spacial score (nSPS) is 13.3. The molecule has 1 atom stereocenters. The summed E-state index contributed by atoms with van der Waals surface area (Å²) in [6.07, 6.45) is -0.469. The van der Waals surface area contributed by atoms with Crippen LogP contribution in [0.25, 0.3) is 0 Å². The lowest BCUT2D eigenvalue weighted by molar-refractivity contribution is 0.110. The summed E-state index contributed by atoms with van der Waals surface area (Å²) in [4.78, 5) is 0.685. The SMILES string of the molecule is CO[C@@H](CNS(=O)(=O)c1ccc(F)c(Cl)c1)c1ccc(Cl)s1. The number of rotatable bonds is 6. The van der Waals surface area contributed by atoms with Crippen LogP contribution in [0.1, 0.15) is 11.0 Å². The maximum Gasteiger partial charge on any atom is 0.240 e. The van der Waals surface area contributed by atoms with E-state index in [-0.39, 0.29) is 16.5 Å². The van der Waals surface area contributed by atoms with Crippen LogP contribution in [0.2, 0.25) is 9.36 Å². The minimum absolute atomic E-state index is 0.0185. The van der Waals surface area contributed by atoms with E-state index in [1.165, 1.54) is 18.4 Å². The summed E-state index contributed by atoms with van der Waals surface area (Å²) in [5, 5.41) is -0.254. The summed E-state index contributed by atoms with van der Waals surface area (Å²) in [6, 6.07) is 6.69. The molecule has 120 valence electrons. The van der Waals surface area contributed by atoms with Gasteiger partial charge in [-0.2, -0.15) is 0 Å². The van der Waals surface area contributed by atoms with E-state index in [9.17, 15) is 12.8 Å². The predicted octanol–water partition coefficient (Wildman–Crippen LogP) is 3.86. The Kier molecular flexibility index (Phi) is 5.81. The van der Waals surface area contributed by atoms with Crippen molar-refractivity contribution in [3.8, 4) is 0 Å². The molecule has 0 spiro atoms. The maximum absolute atomic E-state index is 13.1. The van der Waals surface area contributed by atoms with Gasteiger partial charge in [0.15, 0.2) is 0 Å². The van der Waals surface area contributed by atoms with Crippen LogP contribution in [-0.2, 0) is 14.8 Å². The zero-order valence-electron chi connectivity index (χ0n) is 11.3. The Morgan fingerprint density at radius 3 is 2.59 bits per heavy atom. The molecule has 2 aromatic rings. The van der Waals surface area contributed by atoms with Crippen molar-refractivity contribution >= 4 is 44.6 Å². The molecule has 0 saturated carbocycles. The molecular formula is C13H12Cl2FNO3S2. The average molecular weight is 384 g/mol. The number of benzene rings is 1. The second-order valence-corrected chi connectivity index (χ2v) is 8.21. The van der Waals surface area contributed by atoms with E-state index in [1.807, 2.05) is 0 Å². The van der Waals surface area contributed by atoms with Gasteiger partial charge in [0.05, 0.1) is 14.3 Å². The highest BCUT2D eigenvalue weighted by Gasteiger charge is 2.20. The number of nitrogens with one attached hydrogen (secondary N) is 1. The van der Waals surface area contributed by atoms with E-state index in [0.717, 1.165) is 23.1 Å². The molecule has 1 aromatic heterocycles. The molecule has 0 amide bonds. The Morgan fingerprint density at radius 1 is 1.32 bits per heavy atom. The monoisotopic (exact) mass is 383 g/mol. The van der Waals surface area contributed by atoms with Gasteiger partial charge in [-0.3, -0.25) is 0 Å². The summed E-state index contributed by atoms with van der Waals surface area (Å²) in [7, 11) is -2.34. The number of thiophene rings is 1. The van der Waals surface area contributed by atoms with Gasteiger partial charge in [-0.05, 0) is 30.3 Å². The molecule has 0 aliphatic rings. The predicted molar refractivity (Wildman–Crippen MR) is 85.7 cm³/mol. The van der Waals surface area contributed by atoms with Crippen molar-refractivity contribution in [1.82, 2.24) is 4.72 Å². The maximum atomic E-state index is 13.1. The first-order valence-electron chi connectivity index (χ1n) is 6.06. The summed E-state index contributed by atoms with van der Waals surface area (Å²) >= 11 is 12.8. The Hall–Kier alpha value is -0.700. The van der Waals surface area contributed by atoms with Crippen molar-refractivity contribution in [1.29, 1.82) is 0 Å². The molecule has 0 aliphatic heterocycles. The molecule has 22 heavy (non-hydrogen) atoms. The Balaban J connectivity index is 2.12. The fraction of sp³-hybridized carbons (Fsp3) is 0.231. The van der Waals surface area contributed by atoms with Crippen molar-refractivity contribution in [2.75, 3.05) is 13.7 Å². The first kappa shape index (κ1) is 17.7. The van der Waals surface area contributed by atoms with Gasteiger partial charge in [-0.15, -0.1) is 11.3 Å². The molecule has 0 radical (unpaired) electrons. The van der Waals surface area contributed by atoms with Crippen LogP contribution in [0.4, 0.5) is 4.39 Å². The van der Waals surface area contributed by atoms with Crippen LogP contribution in [0.15, 0.2) is 35.2 Å². The fourth-order valence-electron chi connectivity index (χ4n) is 1.71. The quantitative estimate of drug-likeness (QED) is 0.823. The number of sulfonamides is 1. The van der Waals surface area contributed by atoms with Gasteiger partial charge in [-0.25, -0.2) is 17.5 Å². The van der Waals surface area contributed by atoms with E-state index < -0.39 is 21.9 Å². The zero-order valence-corrected chi connectivity index (χ0v) is 14.5. The van der Waals surface area contributed by atoms with E-state index >= 15 is 0 Å². The summed E-state index contributed by atoms with van der Waals surface area (Å²) < 4.78 is 45.7. The standard InChI is InChI=1S/C13H12Cl2FNO3S2/c1-20-11(12-4-5-13(15)21-12)7-17-22(18,19)8-2-3-10(16)9(14)6-8/h2-6,11,17H,7H2,1H3/t11-/m0/s1. The van der Waals surface area contributed by atoms with Crippen LogP contribution >= 0.6 is 34.5 Å². The number of halogens is 3. The van der Waals surface area contributed by atoms with Gasteiger partial charge in [0, 0.05) is 18.5 Å². The van der Waals surface area contributed by atoms with Crippen LogP contribution in [-0.4, -0.2) is 22.1 Å². The van der Waals surface area contributed by atoms with Crippen LogP contribution in [0.5, 0.6) is 0 Å². The van der Waals surface area contributed by atoms with Gasteiger partial charge >= 0.3 is 0 Å². The van der Waals surface area contributed by atoms with Crippen molar-refractivity contribution in [2.45, 2.75) is 11.0 Å². The van der Waals surface area contributed by atoms with Gasteiger partial charge in [0.2, 0.25) is 10.0 Å². The summed E-state index contributed by atoms with van der Waals surface area (Å²) in [6.45, 7) is 0.0185. The summed E-state index contributed by atoms with van der Waals surface area (Å²) in [5.41, 5.74) is 0. The number of ether oxygens (including phenoxy) is 1. The van der Waals surface area contributed by atoms with E-state index in [1.54, 1.807) is 12.1 Å². The Bertz CT molecular complexity index is 764. The van der Waals surface area contributed by atoms with Gasteiger partial charge in [0.25, 0.3) is 0 Å². The van der Waals surface area contributed by atoms with E-state index in [4.69, 9.17) is 27.9 Å². The highest BCUT2D eigenvalue weighted by molar-refractivity contribution is 7.89. The van der Waals surface area contributed by atoms with Crippen molar-refractivity contribution in [2.24, 2.45) is 0 Å². The van der Waals surface area contributed by atoms with Crippen LogP contribution < -0.4 is 4.72 Å². The fourth-order valence-corrected chi connectivity index (χ4v) is 4.16. The Labute approximate surface area is 141 Å². The van der Waals surface area contributed by atoms with Crippen LogP contribution in [0.3, 0.4) is 0 Å². The lowest BCUT2D eigenvalue weighted by atomic mass is 10.3. The van der Waals surface area contributed by atoms with Crippen molar-refractivity contribution < 1.29 is 17.5 Å². The number of hydrogen-bond donors (Lipinski definition) is 1. The summed E-state index contributed by atoms with van der Waals surface area (Å²) in [5.74, 6) is -0.677. The first-order valence-corrected chi connectivity index (χ1v) is 9.12. The van der Waals surface area contributed by atoms with Crippen LogP contribution in [0, 0.1) is 5.82 Å². The second kappa shape index (κ2) is 7.25. The number of methoxy groups -OCH3 is 1. The van der Waals surface area contributed by atoms with Gasteiger partial charge in [-0.1, -0.05) is 23.2 Å². The minimum atomic E-state index is -3.82. The average Bonchev–Trinajstić information content (AvgIpc) is 2.89. The molecule has 0 saturated heterocycles. The van der Waals surface area contributed by atoms with E-state index in [0.29, 0.717) is 4.34 Å². The molecule has 0 aliphatic carbocycles. The van der Waals surface area contributed by atoms with E-state index in [2.05, 4.69) is 4.72 Å². The molecule has 2 rings (SSSR count). The number of hydrogen-bond acceptors (Lipinski definition) is 4. The molecule has 0 bridgehead atoms. The molecule has 9 heteroatoms. The third-order valence-corrected chi connectivity index (χ3v) is 5.89. The lowest BCUT2D eigenvalue weighted by Gasteiger charge is -2.15. The third-order valence-electron chi connectivity index (χ3n) is 2.86. The third kappa shape index (κ3) is 4.18. The van der Waals surface area contributed by atoms with Gasteiger partial charge in [0.1, 0.15) is 11.9 Å². The van der Waals surface area contributed by atoms with Crippen molar-refractivity contribution in [3.05, 3.63) is 50.4 Å². The first-order chi connectivity index (χ1) is 10.3. The molecule has 1 N–H and O–H groups in total. The smallest absolute Gasteiger partial charge is 0.240 e. The lowest BCUT2D eigenvalue weighted by Crippen LogP contribution is -2.29. The minimum Gasteiger partial charge on any atom is -0.375 e. The van der Waals surface area contributed by atoms with Gasteiger partial charge < -0.3 is 4.74 Å². The highest BCUT2D eigenvalue weighted by Crippen LogP contribution is 2.28. The molecule has 0 fully saturated rings. The largest absolute Gasteiger partial charge is 0.375 e. The zero-order chi connectivity index (χ0) is 16.3. The second-order valence-electron chi connectivity index (χ2n) is 4.29. The molecular weight excluding hydrogens is 372 g/mol. The Morgan fingerprint density at radius 2 is 2.05 bits per heavy atom. The topological polar surface area (TPSA) is 55.4 Å². The van der Waals surface area contributed by atoms with Crippen molar-refractivity contribution in [3.63, 3.8) is 0 Å². The molecule has 1 heterocycles. The molecule has 0 unspecified atom stereocenters.